The fourth-order valence-electron chi connectivity index (χ4n) is 4.23. The van der Waals surface area contributed by atoms with Crippen molar-refractivity contribution in [1.29, 1.82) is 0 Å². The van der Waals surface area contributed by atoms with Gasteiger partial charge in [0, 0.05) is 22.1 Å². The summed E-state index contributed by atoms with van der Waals surface area (Å²) in [5, 5.41) is 20.4. The predicted molar refractivity (Wildman–Crippen MR) is 150 cm³/mol. The molecule has 4 aromatic rings. The molecule has 13 nitrogen and oxygen atoms in total. The molecular formula is C25H25BrClN9O4. The number of benzene rings is 2. The van der Waals surface area contributed by atoms with Crippen molar-refractivity contribution >= 4 is 45.5 Å². The summed E-state index contributed by atoms with van der Waals surface area (Å²) in [5.74, 6) is 0.532. The molecule has 0 radical (unpaired) electrons. The molecule has 3 N–H and O–H groups in total. The highest BCUT2D eigenvalue weighted by Gasteiger charge is 2.27. The van der Waals surface area contributed by atoms with E-state index >= 15 is 0 Å². The lowest BCUT2D eigenvalue weighted by Gasteiger charge is -2.13. The Balaban J connectivity index is 1.33. The number of anilines is 1. The van der Waals surface area contributed by atoms with Gasteiger partial charge in [0.25, 0.3) is 5.91 Å². The second-order valence-corrected chi connectivity index (χ2v) is 10.2. The third-order valence-electron chi connectivity index (χ3n) is 6.16. The van der Waals surface area contributed by atoms with Gasteiger partial charge >= 0.3 is 0 Å². The van der Waals surface area contributed by atoms with E-state index in [0.717, 1.165) is 31.5 Å². The highest BCUT2D eigenvalue weighted by Crippen LogP contribution is 2.32. The number of methoxy groups -OCH3 is 1. The number of rotatable bonds is 10. The molecular weight excluding hydrogens is 606 g/mol. The van der Waals surface area contributed by atoms with Gasteiger partial charge in [0.1, 0.15) is 23.8 Å². The molecule has 3 heterocycles. The zero-order chi connectivity index (χ0) is 28.1. The number of hydrazone groups is 1. The molecule has 1 saturated heterocycles. The zero-order valence-electron chi connectivity index (χ0n) is 21.4. The van der Waals surface area contributed by atoms with Crippen LogP contribution >= 0.6 is 27.5 Å². The molecule has 0 aliphatic carbocycles. The van der Waals surface area contributed by atoms with Gasteiger partial charge in [0.05, 0.1) is 18.9 Å². The first-order chi connectivity index (χ1) is 19.4. The average molecular weight is 631 g/mol. The van der Waals surface area contributed by atoms with E-state index < -0.39 is 5.91 Å². The lowest BCUT2D eigenvalue weighted by atomic mass is 10.2. The smallest absolute Gasteiger partial charge is 0.292 e. The van der Waals surface area contributed by atoms with Crippen LogP contribution < -0.4 is 20.6 Å². The van der Waals surface area contributed by atoms with Crippen molar-refractivity contribution in [2.75, 3.05) is 25.9 Å². The molecule has 208 valence electrons. The van der Waals surface area contributed by atoms with Crippen molar-refractivity contribution in [3.63, 3.8) is 0 Å². The van der Waals surface area contributed by atoms with E-state index in [9.17, 15) is 4.79 Å². The number of nitrogens with two attached hydrogens (primary N) is 1. The van der Waals surface area contributed by atoms with Crippen LogP contribution in [0.25, 0.3) is 5.82 Å². The number of ether oxygens (including phenoxy) is 2. The van der Waals surface area contributed by atoms with Gasteiger partial charge in [0.2, 0.25) is 11.6 Å². The van der Waals surface area contributed by atoms with Gasteiger partial charge in [-0.3, -0.25) is 9.69 Å². The Morgan fingerprint density at radius 3 is 2.83 bits per heavy atom. The fourth-order valence-corrected chi connectivity index (χ4v) is 4.97. The molecule has 0 atom stereocenters. The molecule has 1 amide bonds. The summed E-state index contributed by atoms with van der Waals surface area (Å²) in [7, 11) is 1.53. The van der Waals surface area contributed by atoms with Crippen LogP contribution in [-0.4, -0.2) is 62.5 Å². The Bertz CT molecular complexity index is 1530. The van der Waals surface area contributed by atoms with Gasteiger partial charge in [-0.15, -0.1) is 5.10 Å². The summed E-state index contributed by atoms with van der Waals surface area (Å²) in [6, 6.07) is 10.9. The van der Waals surface area contributed by atoms with E-state index in [1.165, 1.54) is 18.0 Å². The van der Waals surface area contributed by atoms with E-state index in [2.05, 4.69) is 52.0 Å². The Morgan fingerprint density at radius 1 is 1.27 bits per heavy atom. The van der Waals surface area contributed by atoms with Crippen LogP contribution in [0.2, 0.25) is 5.02 Å². The molecule has 1 fully saturated rings. The van der Waals surface area contributed by atoms with Crippen molar-refractivity contribution in [2.45, 2.75) is 26.0 Å². The molecule has 15 heteroatoms. The SMILES string of the molecule is COc1cc(OCc2cccc(Cl)c2)cc(Br)c1/C=N/NC(=O)c1c(CN2CCCC2)nnn1-c1nonc1N. The second-order valence-electron chi connectivity index (χ2n) is 8.89. The maximum Gasteiger partial charge on any atom is 0.292 e. The van der Waals surface area contributed by atoms with E-state index in [1.54, 1.807) is 18.2 Å². The Hall–Kier alpha value is -4.01. The van der Waals surface area contributed by atoms with Crippen molar-refractivity contribution < 1.29 is 18.9 Å². The van der Waals surface area contributed by atoms with Crippen molar-refractivity contribution in [2.24, 2.45) is 5.10 Å². The van der Waals surface area contributed by atoms with Crippen molar-refractivity contribution in [3.8, 4) is 17.3 Å². The van der Waals surface area contributed by atoms with E-state index in [1.807, 2.05) is 18.2 Å². The van der Waals surface area contributed by atoms with Crippen LogP contribution in [0.15, 0.2) is 50.6 Å². The summed E-state index contributed by atoms with van der Waals surface area (Å²) in [5.41, 5.74) is 10.5. The molecule has 5 rings (SSSR count). The van der Waals surface area contributed by atoms with Gasteiger partial charge in [-0.2, -0.15) is 9.78 Å². The lowest BCUT2D eigenvalue weighted by molar-refractivity contribution is 0.0945. The second kappa shape index (κ2) is 12.4. The maximum atomic E-state index is 13.3. The fraction of sp³-hybridized carbons (Fsp3) is 0.280. The monoisotopic (exact) mass is 629 g/mol. The first-order valence-corrected chi connectivity index (χ1v) is 13.4. The first kappa shape index (κ1) is 27.6. The third-order valence-corrected chi connectivity index (χ3v) is 7.05. The number of nitrogen functional groups attached to an aromatic ring is 1. The molecule has 2 aromatic carbocycles. The molecule has 1 aliphatic rings. The van der Waals surface area contributed by atoms with E-state index in [4.69, 9.17) is 31.4 Å². The number of hydrogen-bond acceptors (Lipinski definition) is 11. The topological polar surface area (TPSA) is 159 Å². The number of aromatic nitrogens is 5. The molecule has 40 heavy (non-hydrogen) atoms. The lowest BCUT2D eigenvalue weighted by Crippen LogP contribution is -2.26. The minimum Gasteiger partial charge on any atom is -0.496 e. The van der Waals surface area contributed by atoms with E-state index in [0.29, 0.717) is 45.4 Å². The summed E-state index contributed by atoms with van der Waals surface area (Å²) in [6.07, 6.45) is 3.63. The number of likely N-dealkylation sites (tertiary alicyclic amines) is 1. The number of carbonyl (C=O) groups excluding carboxylic acids is 1. The van der Waals surface area contributed by atoms with E-state index in [-0.39, 0.29) is 17.3 Å². The quantitative estimate of drug-likeness (QED) is 0.196. The average Bonchev–Trinajstić information content (AvgIpc) is 3.70. The highest BCUT2D eigenvalue weighted by molar-refractivity contribution is 9.10. The van der Waals surface area contributed by atoms with Gasteiger partial charge in [-0.1, -0.05) is 28.9 Å². The van der Waals surface area contributed by atoms with Gasteiger partial charge in [-0.05, 0) is 75.9 Å². The first-order valence-electron chi connectivity index (χ1n) is 12.3. The number of carbonyl (C=O) groups is 1. The van der Waals surface area contributed by atoms with Gasteiger partial charge in [0.15, 0.2) is 5.69 Å². The summed E-state index contributed by atoms with van der Waals surface area (Å²) in [4.78, 5) is 15.5. The van der Waals surface area contributed by atoms with Crippen molar-refractivity contribution in [3.05, 3.63) is 68.4 Å². The molecule has 0 bridgehead atoms. The maximum absolute atomic E-state index is 13.3. The molecule has 0 saturated carbocycles. The van der Waals surface area contributed by atoms with Crippen LogP contribution in [0.5, 0.6) is 11.5 Å². The van der Waals surface area contributed by atoms with Crippen LogP contribution in [-0.2, 0) is 13.2 Å². The van der Waals surface area contributed by atoms with Crippen LogP contribution in [0.4, 0.5) is 5.82 Å². The van der Waals surface area contributed by atoms with Crippen molar-refractivity contribution in [1.82, 2.24) is 35.6 Å². The summed E-state index contributed by atoms with van der Waals surface area (Å²) in [6.45, 7) is 2.58. The van der Waals surface area contributed by atoms with Gasteiger partial charge < -0.3 is 15.2 Å². The number of nitrogens with one attached hydrogen (secondary N) is 1. The minimum absolute atomic E-state index is 0.0264. The Labute approximate surface area is 242 Å². The van der Waals surface area contributed by atoms with Gasteiger partial charge in [-0.25, -0.2) is 10.1 Å². The van der Waals surface area contributed by atoms with Crippen LogP contribution in [0.3, 0.4) is 0 Å². The Morgan fingerprint density at radius 2 is 2.10 bits per heavy atom. The normalized spacial score (nSPS) is 13.7. The standard InChI is InChI=1S/C25H25BrClN9O4/c1-38-21-11-17(39-14-15-5-4-6-16(27)9-15)10-19(26)18(21)12-29-31-25(37)22-20(13-35-7-2-3-8-35)30-34-36(22)24-23(28)32-40-33-24/h4-6,9-12H,2-3,7-8,13-14H2,1H3,(H2,28,32)(H,31,37)/b29-12+. The zero-order valence-corrected chi connectivity index (χ0v) is 23.7. The van der Waals surface area contributed by atoms with Crippen LogP contribution in [0, 0.1) is 0 Å². The van der Waals surface area contributed by atoms with Crippen LogP contribution in [0.1, 0.15) is 40.2 Å². The predicted octanol–water partition coefficient (Wildman–Crippen LogP) is 3.60. The molecule has 0 unspecified atom stereocenters. The number of hydrogen-bond donors (Lipinski definition) is 2. The molecule has 0 spiro atoms. The molecule has 2 aromatic heterocycles. The molecule has 1 aliphatic heterocycles. The number of nitrogens with zero attached hydrogens (tertiary/aromatic N) is 7. The minimum atomic E-state index is -0.561. The largest absolute Gasteiger partial charge is 0.496 e. The number of amides is 1. The Kier molecular flexibility index (Phi) is 8.57. The summed E-state index contributed by atoms with van der Waals surface area (Å²) >= 11 is 9.59. The third kappa shape index (κ3) is 6.24. The highest BCUT2D eigenvalue weighted by atomic mass is 79.9. The number of halogens is 2. The summed E-state index contributed by atoms with van der Waals surface area (Å²) < 4.78 is 18.0.